The van der Waals surface area contributed by atoms with Crippen LogP contribution < -0.4 is 4.74 Å². The van der Waals surface area contributed by atoms with Gasteiger partial charge in [-0.1, -0.05) is 22.0 Å². The zero-order chi connectivity index (χ0) is 18.5. The van der Waals surface area contributed by atoms with Crippen LogP contribution in [0.4, 0.5) is 8.78 Å². The van der Waals surface area contributed by atoms with Gasteiger partial charge >= 0.3 is 0 Å². The number of rotatable bonds is 2. The molecule has 2 aromatic carbocycles. The molecule has 0 bridgehead atoms. The van der Waals surface area contributed by atoms with Crippen molar-refractivity contribution in [2.75, 3.05) is 0 Å². The predicted molar refractivity (Wildman–Crippen MR) is 98.3 cm³/mol. The van der Waals surface area contributed by atoms with E-state index in [9.17, 15) is 8.78 Å². The maximum atomic E-state index is 13.8. The molecule has 0 radical (unpaired) electrons. The third-order valence-corrected chi connectivity index (χ3v) is 5.28. The number of fused-ring (bicyclic) bond motifs is 3. The van der Waals surface area contributed by atoms with Crippen molar-refractivity contribution in [1.82, 2.24) is 5.01 Å². The predicted octanol–water partition coefficient (Wildman–Crippen LogP) is 5.56. The quantitative estimate of drug-likeness (QED) is 0.533. The maximum Gasteiger partial charge on any atom is 0.213 e. The molecule has 1 aromatic heterocycles. The van der Waals surface area contributed by atoms with Crippen LogP contribution in [-0.2, 0) is 0 Å². The van der Waals surface area contributed by atoms with E-state index in [0.717, 1.165) is 27.9 Å². The zero-order valence-corrected chi connectivity index (χ0v) is 15.5. The summed E-state index contributed by atoms with van der Waals surface area (Å²) in [6.45, 7) is 0. The molecule has 2 unspecified atom stereocenters. The minimum Gasteiger partial charge on any atom is -0.464 e. The Balaban J connectivity index is 1.62. The third kappa shape index (κ3) is 2.73. The molecule has 136 valence electrons. The molecule has 0 saturated carbocycles. The number of hydrazone groups is 1. The molecule has 0 amide bonds. The van der Waals surface area contributed by atoms with Gasteiger partial charge in [0.25, 0.3) is 0 Å². The largest absolute Gasteiger partial charge is 0.464 e. The molecular formula is C20H13BrF2N2O2. The van der Waals surface area contributed by atoms with Crippen molar-refractivity contribution in [2.24, 2.45) is 5.10 Å². The number of hydrogen-bond donors (Lipinski definition) is 0. The third-order valence-electron chi connectivity index (χ3n) is 4.79. The first-order chi connectivity index (χ1) is 13.1. The first kappa shape index (κ1) is 16.5. The van der Waals surface area contributed by atoms with Crippen molar-refractivity contribution < 1.29 is 17.9 Å². The Kier molecular flexibility index (Phi) is 3.79. The second-order valence-corrected chi connectivity index (χ2v) is 7.37. The van der Waals surface area contributed by atoms with Gasteiger partial charge in [-0.25, -0.2) is 13.8 Å². The smallest absolute Gasteiger partial charge is 0.213 e. The Hall–Kier alpha value is -2.67. The van der Waals surface area contributed by atoms with Gasteiger partial charge < -0.3 is 9.15 Å². The van der Waals surface area contributed by atoms with Gasteiger partial charge in [-0.15, -0.1) is 0 Å². The monoisotopic (exact) mass is 430 g/mol. The molecule has 2 aliphatic rings. The fourth-order valence-corrected chi connectivity index (χ4v) is 3.91. The minimum atomic E-state index is -0.913. The van der Waals surface area contributed by atoms with E-state index in [4.69, 9.17) is 14.3 Å². The highest BCUT2D eigenvalue weighted by atomic mass is 79.9. The van der Waals surface area contributed by atoms with Crippen LogP contribution in [0.25, 0.3) is 0 Å². The molecule has 3 heterocycles. The second kappa shape index (κ2) is 6.20. The standard InChI is InChI=1S/C20H13BrF2N2O2/c21-12-4-6-18-13(9-12)17-10-16(19-2-1-7-26-19)24-25(17)20(27-18)11-3-5-14(22)15(23)8-11/h1-9,17,20H,10H2. The summed E-state index contributed by atoms with van der Waals surface area (Å²) in [6, 6.07) is 13.1. The summed E-state index contributed by atoms with van der Waals surface area (Å²) in [6.07, 6.45) is 1.56. The summed E-state index contributed by atoms with van der Waals surface area (Å²) >= 11 is 3.50. The van der Waals surface area contributed by atoms with Gasteiger partial charge in [-0.3, -0.25) is 0 Å². The summed E-state index contributed by atoms with van der Waals surface area (Å²) in [5.74, 6) is -0.421. The topological polar surface area (TPSA) is 38.0 Å². The van der Waals surface area contributed by atoms with E-state index in [0.29, 0.717) is 23.5 Å². The molecule has 7 heteroatoms. The van der Waals surface area contributed by atoms with E-state index < -0.39 is 17.9 Å². The Labute approximate surface area is 162 Å². The van der Waals surface area contributed by atoms with Gasteiger partial charge in [-0.05, 0) is 42.5 Å². The summed E-state index contributed by atoms with van der Waals surface area (Å²) in [4.78, 5) is 0. The zero-order valence-electron chi connectivity index (χ0n) is 13.9. The van der Waals surface area contributed by atoms with Gasteiger partial charge in [0.1, 0.15) is 17.2 Å². The van der Waals surface area contributed by atoms with E-state index in [1.807, 2.05) is 30.3 Å². The summed E-state index contributed by atoms with van der Waals surface area (Å²) in [7, 11) is 0. The molecule has 4 nitrogen and oxygen atoms in total. The van der Waals surface area contributed by atoms with Crippen molar-refractivity contribution in [1.29, 1.82) is 0 Å². The summed E-state index contributed by atoms with van der Waals surface area (Å²) in [5.41, 5.74) is 2.26. The summed E-state index contributed by atoms with van der Waals surface area (Å²) < 4.78 is 39.8. The van der Waals surface area contributed by atoms with Crippen LogP contribution in [0.5, 0.6) is 5.75 Å². The molecule has 0 spiro atoms. The highest BCUT2D eigenvalue weighted by Gasteiger charge is 2.41. The lowest BCUT2D eigenvalue weighted by molar-refractivity contribution is -0.0193. The Morgan fingerprint density at radius 3 is 2.74 bits per heavy atom. The number of hydrogen-bond acceptors (Lipinski definition) is 4. The number of benzene rings is 2. The van der Waals surface area contributed by atoms with Crippen molar-refractivity contribution in [3.8, 4) is 5.75 Å². The van der Waals surface area contributed by atoms with Crippen LogP contribution in [0, 0.1) is 11.6 Å². The lowest BCUT2D eigenvalue weighted by atomic mass is 9.97. The van der Waals surface area contributed by atoms with Crippen molar-refractivity contribution in [3.63, 3.8) is 0 Å². The van der Waals surface area contributed by atoms with Crippen molar-refractivity contribution in [2.45, 2.75) is 18.7 Å². The van der Waals surface area contributed by atoms with Crippen LogP contribution in [-0.4, -0.2) is 10.7 Å². The maximum absolute atomic E-state index is 13.8. The van der Waals surface area contributed by atoms with Gasteiger partial charge in [-0.2, -0.15) is 5.10 Å². The highest BCUT2D eigenvalue weighted by molar-refractivity contribution is 9.10. The fourth-order valence-electron chi connectivity index (χ4n) is 3.54. The molecule has 2 atom stereocenters. The van der Waals surface area contributed by atoms with Crippen LogP contribution in [0.1, 0.15) is 35.6 Å². The van der Waals surface area contributed by atoms with Crippen LogP contribution in [0.2, 0.25) is 0 Å². The van der Waals surface area contributed by atoms with E-state index in [-0.39, 0.29) is 6.04 Å². The van der Waals surface area contributed by atoms with E-state index >= 15 is 0 Å². The lowest BCUT2D eigenvalue weighted by Gasteiger charge is -2.38. The minimum absolute atomic E-state index is 0.0931. The van der Waals surface area contributed by atoms with Crippen LogP contribution in [0.3, 0.4) is 0 Å². The normalized spacial score (nSPS) is 20.7. The van der Waals surface area contributed by atoms with Gasteiger partial charge in [0.15, 0.2) is 11.6 Å². The number of ether oxygens (including phenoxy) is 1. The van der Waals surface area contributed by atoms with Crippen LogP contribution in [0.15, 0.2) is 68.8 Å². The number of furan rings is 1. The van der Waals surface area contributed by atoms with Gasteiger partial charge in [0.2, 0.25) is 6.23 Å². The molecule has 0 saturated heterocycles. The fraction of sp³-hybridized carbons (Fsp3) is 0.150. The van der Waals surface area contributed by atoms with Crippen LogP contribution >= 0.6 is 15.9 Å². The molecule has 3 aromatic rings. The van der Waals surface area contributed by atoms with E-state index in [1.54, 1.807) is 11.3 Å². The molecule has 2 aliphatic heterocycles. The van der Waals surface area contributed by atoms with Crippen molar-refractivity contribution in [3.05, 3.63) is 87.8 Å². The molecule has 27 heavy (non-hydrogen) atoms. The molecule has 0 fully saturated rings. The molecule has 0 N–H and O–H groups in total. The molecule has 5 rings (SSSR count). The average Bonchev–Trinajstić information content (AvgIpc) is 3.33. The Bertz CT molecular complexity index is 1050. The molecular weight excluding hydrogens is 418 g/mol. The summed E-state index contributed by atoms with van der Waals surface area (Å²) in [5, 5.41) is 6.48. The first-order valence-electron chi connectivity index (χ1n) is 8.41. The number of halogens is 3. The first-order valence-corrected chi connectivity index (χ1v) is 9.20. The lowest BCUT2D eigenvalue weighted by Crippen LogP contribution is -2.33. The second-order valence-electron chi connectivity index (χ2n) is 6.45. The SMILES string of the molecule is Fc1ccc(C2Oc3ccc(Br)cc3C3CC(c4ccco4)=NN32)cc1F. The van der Waals surface area contributed by atoms with Gasteiger partial charge in [0.05, 0.1) is 12.3 Å². The Morgan fingerprint density at radius 2 is 1.96 bits per heavy atom. The van der Waals surface area contributed by atoms with Gasteiger partial charge in [0, 0.05) is 22.0 Å². The average molecular weight is 431 g/mol. The van der Waals surface area contributed by atoms with Crippen molar-refractivity contribution >= 4 is 21.6 Å². The molecule has 0 aliphatic carbocycles. The number of nitrogens with zero attached hydrogens (tertiary/aromatic N) is 2. The Morgan fingerprint density at radius 1 is 1.07 bits per heavy atom. The highest BCUT2D eigenvalue weighted by Crippen LogP contribution is 2.48. The van der Waals surface area contributed by atoms with E-state index in [1.165, 1.54) is 6.07 Å². The van der Waals surface area contributed by atoms with E-state index in [2.05, 4.69) is 15.9 Å².